The largest absolute Gasteiger partial charge is 0.444 e. The quantitative estimate of drug-likeness (QED) is 0.304. The number of piperidine rings is 1. The number of anilines is 1. The van der Waals surface area contributed by atoms with Crippen molar-refractivity contribution in [2.24, 2.45) is 0 Å². The van der Waals surface area contributed by atoms with Crippen LogP contribution in [0, 0.1) is 0 Å². The first-order chi connectivity index (χ1) is 19.3. The maximum absolute atomic E-state index is 13.1. The number of aryl methyl sites for hydroxylation is 1. The average Bonchev–Trinajstić information content (AvgIpc) is 3.49. The molecule has 1 saturated heterocycles. The first-order valence-electron chi connectivity index (χ1n) is 14.3. The first kappa shape index (κ1) is 28.4. The highest BCUT2D eigenvalue weighted by Crippen LogP contribution is 2.33. The number of fused-ring (bicyclic) bond motifs is 2. The van der Waals surface area contributed by atoms with Crippen molar-refractivity contribution in [2.75, 3.05) is 18.4 Å². The average molecular weight is 561 g/mol. The molecule has 1 aromatic carbocycles. The van der Waals surface area contributed by atoms with Crippen LogP contribution in [0.25, 0.3) is 27.8 Å². The van der Waals surface area contributed by atoms with E-state index in [0.717, 1.165) is 52.8 Å². The van der Waals surface area contributed by atoms with Crippen LogP contribution >= 0.6 is 0 Å². The lowest BCUT2D eigenvalue weighted by atomic mass is 10.1. The van der Waals surface area contributed by atoms with E-state index in [1.54, 1.807) is 15.7 Å². The van der Waals surface area contributed by atoms with Gasteiger partial charge in [0.25, 0.3) is 0 Å². The van der Waals surface area contributed by atoms with E-state index in [1.807, 2.05) is 82.6 Å². The van der Waals surface area contributed by atoms with Crippen molar-refractivity contribution < 1.29 is 19.1 Å². The number of para-hydroxylation sites is 1. The monoisotopic (exact) mass is 560 g/mol. The summed E-state index contributed by atoms with van der Waals surface area (Å²) in [7, 11) is 0. The number of aromatic nitrogens is 4. The molecule has 1 aliphatic rings. The number of benzene rings is 1. The topological polar surface area (TPSA) is 103 Å². The van der Waals surface area contributed by atoms with Gasteiger partial charge in [-0.15, -0.1) is 0 Å². The van der Waals surface area contributed by atoms with Crippen molar-refractivity contribution in [1.82, 2.24) is 24.1 Å². The number of nitrogens with one attached hydrogen (secondary N) is 1. The van der Waals surface area contributed by atoms with Gasteiger partial charge in [-0.05, 0) is 66.9 Å². The number of amides is 1. The molecule has 10 heteroatoms. The fraction of sp³-hybridized carbons (Fsp3) is 0.484. The second kappa shape index (κ2) is 10.7. The fourth-order valence-electron chi connectivity index (χ4n) is 5.14. The Hall–Kier alpha value is -4.08. The molecular formula is C31H40N6O4. The molecule has 41 heavy (non-hydrogen) atoms. The van der Waals surface area contributed by atoms with E-state index in [2.05, 4.69) is 17.3 Å². The molecule has 1 amide bonds. The highest BCUT2D eigenvalue weighted by atomic mass is 16.6. The van der Waals surface area contributed by atoms with Crippen LogP contribution < -0.4 is 5.32 Å². The highest BCUT2D eigenvalue weighted by Gasteiger charge is 2.29. The normalized spacial score (nSPS) is 16.3. The smallest absolute Gasteiger partial charge is 0.419 e. The molecule has 1 N–H and O–H groups in total. The van der Waals surface area contributed by atoms with Gasteiger partial charge in [-0.1, -0.05) is 25.1 Å². The predicted octanol–water partition coefficient (Wildman–Crippen LogP) is 6.51. The van der Waals surface area contributed by atoms with E-state index < -0.39 is 17.3 Å². The van der Waals surface area contributed by atoms with Gasteiger partial charge in [0.05, 0.1) is 17.4 Å². The lowest BCUT2D eigenvalue weighted by Crippen LogP contribution is -2.47. The number of rotatable bonds is 4. The zero-order chi connectivity index (χ0) is 29.5. The first-order valence-corrected chi connectivity index (χ1v) is 14.3. The lowest BCUT2D eigenvalue weighted by molar-refractivity contribution is 0.0206. The molecule has 10 nitrogen and oxygen atoms in total. The molecule has 1 atom stereocenters. The number of nitrogens with zero attached hydrogens (tertiary/aromatic N) is 5. The summed E-state index contributed by atoms with van der Waals surface area (Å²) >= 11 is 0. The van der Waals surface area contributed by atoms with Gasteiger partial charge >= 0.3 is 12.2 Å². The second-order valence-corrected chi connectivity index (χ2v) is 12.6. The van der Waals surface area contributed by atoms with Gasteiger partial charge in [-0.25, -0.2) is 14.6 Å². The number of hydrogen-bond donors (Lipinski definition) is 1. The molecule has 4 aromatic rings. The molecule has 1 aliphatic heterocycles. The molecule has 0 unspecified atom stereocenters. The maximum atomic E-state index is 13.1. The van der Waals surface area contributed by atoms with E-state index in [-0.39, 0.29) is 12.1 Å². The Bertz CT molecular complexity index is 1590. The van der Waals surface area contributed by atoms with Gasteiger partial charge in [-0.2, -0.15) is 9.61 Å². The van der Waals surface area contributed by atoms with Crippen LogP contribution in [-0.2, 0) is 15.9 Å². The Morgan fingerprint density at radius 3 is 2.46 bits per heavy atom. The molecule has 218 valence electrons. The van der Waals surface area contributed by atoms with Gasteiger partial charge in [0.2, 0.25) is 0 Å². The highest BCUT2D eigenvalue weighted by molar-refractivity contribution is 6.00. The molecule has 1 fully saturated rings. The van der Waals surface area contributed by atoms with Gasteiger partial charge in [0.1, 0.15) is 17.0 Å². The summed E-state index contributed by atoms with van der Waals surface area (Å²) in [5.41, 5.74) is 2.88. The fourth-order valence-corrected chi connectivity index (χ4v) is 5.14. The molecule has 0 bridgehead atoms. The van der Waals surface area contributed by atoms with Crippen LogP contribution in [0.2, 0.25) is 0 Å². The second-order valence-electron chi connectivity index (χ2n) is 12.6. The van der Waals surface area contributed by atoms with Crippen LogP contribution in [0.15, 0.2) is 42.7 Å². The third-order valence-electron chi connectivity index (χ3n) is 6.93. The summed E-state index contributed by atoms with van der Waals surface area (Å²) in [5.74, 6) is 0.773. The molecule has 0 radical (unpaired) electrons. The van der Waals surface area contributed by atoms with Crippen molar-refractivity contribution in [3.63, 3.8) is 0 Å². The predicted molar refractivity (Wildman–Crippen MR) is 159 cm³/mol. The van der Waals surface area contributed by atoms with E-state index in [4.69, 9.17) is 14.5 Å². The molecule has 0 aliphatic carbocycles. The minimum atomic E-state index is -0.627. The molecule has 3 aromatic heterocycles. The van der Waals surface area contributed by atoms with Crippen LogP contribution in [0.1, 0.15) is 66.9 Å². The molecule has 5 rings (SSSR count). The molecule has 4 heterocycles. The lowest BCUT2D eigenvalue weighted by Gasteiger charge is -2.34. The van der Waals surface area contributed by atoms with Gasteiger partial charge in [0, 0.05) is 47.9 Å². The van der Waals surface area contributed by atoms with E-state index in [0.29, 0.717) is 18.8 Å². The van der Waals surface area contributed by atoms with Crippen LogP contribution in [0.4, 0.5) is 15.4 Å². The van der Waals surface area contributed by atoms with E-state index in [1.165, 1.54) is 0 Å². The number of carbonyl (C=O) groups is 2. The summed E-state index contributed by atoms with van der Waals surface area (Å²) in [4.78, 5) is 32.7. The van der Waals surface area contributed by atoms with Crippen molar-refractivity contribution in [1.29, 1.82) is 0 Å². The Morgan fingerprint density at radius 1 is 1.05 bits per heavy atom. The molecule has 0 spiro atoms. The number of likely N-dealkylation sites (tertiary alicyclic amines) is 1. The summed E-state index contributed by atoms with van der Waals surface area (Å²) in [6.45, 7) is 14.5. The minimum Gasteiger partial charge on any atom is -0.444 e. The molecule has 0 saturated carbocycles. The third-order valence-corrected chi connectivity index (χ3v) is 6.93. The Kier molecular flexibility index (Phi) is 7.44. The summed E-state index contributed by atoms with van der Waals surface area (Å²) in [5, 5.41) is 9.17. The van der Waals surface area contributed by atoms with Crippen LogP contribution in [-0.4, -0.2) is 66.6 Å². The Balaban J connectivity index is 1.54. The van der Waals surface area contributed by atoms with E-state index >= 15 is 0 Å². The number of hydrogen-bond acceptors (Lipinski definition) is 7. The number of ether oxygens (including phenoxy) is 2. The van der Waals surface area contributed by atoms with Crippen LogP contribution in [0.3, 0.4) is 0 Å². The molecular weight excluding hydrogens is 520 g/mol. The standard InChI is InChI=1S/C31H40N6O4/c1-8-20-17-32-37-26(33-21-12-11-15-35(18-21)28(38)40-30(2,3)4)16-24(34-27(20)37)23-19-36(29(39)41-31(5,6)7)25-14-10-9-13-22(23)25/h9-10,13-14,16-17,19,21,33H,8,11-12,15,18H2,1-7H3/t21-/m0/s1. The Morgan fingerprint density at radius 2 is 1.76 bits per heavy atom. The number of carbonyl (C=O) groups excluding carboxylic acids is 2. The zero-order valence-corrected chi connectivity index (χ0v) is 25.0. The summed E-state index contributed by atoms with van der Waals surface area (Å²) < 4.78 is 14.7. The van der Waals surface area contributed by atoms with Gasteiger partial charge in [0.15, 0.2) is 5.65 Å². The van der Waals surface area contributed by atoms with Crippen molar-refractivity contribution in [2.45, 2.75) is 85.0 Å². The Labute approximate surface area is 240 Å². The minimum absolute atomic E-state index is 0.00657. The van der Waals surface area contributed by atoms with Crippen molar-refractivity contribution >= 4 is 34.6 Å². The van der Waals surface area contributed by atoms with Crippen molar-refractivity contribution in [3.05, 3.63) is 48.3 Å². The van der Waals surface area contributed by atoms with E-state index in [9.17, 15) is 9.59 Å². The zero-order valence-electron chi connectivity index (χ0n) is 25.0. The maximum Gasteiger partial charge on any atom is 0.419 e. The van der Waals surface area contributed by atoms with Gasteiger partial charge in [-0.3, -0.25) is 4.57 Å². The van der Waals surface area contributed by atoms with Gasteiger partial charge < -0.3 is 19.7 Å². The van der Waals surface area contributed by atoms with Crippen molar-refractivity contribution in [3.8, 4) is 11.3 Å². The summed E-state index contributed by atoms with van der Waals surface area (Å²) in [6, 6.07) is 9.72. The SMILES string of the molecule is CCc1cnn2c(N[C@H]3CCCN(C(=O)OC(C)(C)C)C3)cc(-c3cn(C(=O)OC(C)(C)C)c4ccccc34)nc12. The van der Waals surface area contributed by atoms with Crippen LogP contribution in [0.5, 0.6) is 0 Å². The summed E-state index contributed by atoms with van der Waals surface area (Å²) in [6.07, 6.45) is 5.44. The third kappa shape index (κ3) is 6.16.